The van der Waals surface area contributed by atoms with Crippen molar-refractivity contribution in [3.63, 3.8) is 0 Å². The molecule has 2 saturated heterocycles. The molecule has 4 nitrogen and oxygen atoms in total. The van der Waals surface area contributed by atoms with Crippen molar-refractivity contribution in [2.24, 2.45) is 0 Å². The Morgan fingerprint density at radius 2 is 1.75 bits per heavy atom. The highest BCUT2D eigenvalue weighted by atomic mass is 32.2. The van der Waals surface area contributed by atoms with E-state index in [0.717, 1.165) is 39.3 Å². The smallest absolute Gasteiger partial charge is 0.232 e. The summed E-state index contributed by atoms with van der Waals surface area (Å²) in [5, 5.41) is 4.05. The summed E-state index contributed by atoms with van der Waals surface area (Å²) < 4.78 is 0. The highest BCUT2D eigenvalue weighted by Crippen LogP contribution is 2.21. The molecule has 5 heteroatoms. The molecule has 0 aromatic heterocycles. The van der Waals surface area contributed by atoms with Gasteiger partial charge in [-0.1, -0.05) is 0 Å². The lowest BCUT2D eigenvalue weighted by Crippen LogP contribution is -2.55. The van der Waals surface area contributed by atoms with Crippen LogP contribution >= 0.6 is 11.8 Å². The van der Waals surface area contributed by atoms with Crippen LogP contribution in [0.2, 0.25) is 0 Å². The molecular formula is C15H29N3OS. The first-order chi connectivity index (χ1) is 9.47. The van der Waals surface area contributed by atoms with Gasteiger partial charge in [-0.25, -0.2) is 0 Å². The molecule has 0 bridgehead atoms. The number of carbonyl (C=O) groups excluding carboxylic acids is 1. The maximum Gasteiger partial charge on any atom is 0.232 e. The average Bonchev–Trinajstić information content (AvgIpc) is 2.45. The minimum absolute atomic E-state index is 0.221. The highest BCUT2D eigenvalue weighted by Gasteiger charge is 2.28. The minimum Gasteiger partial charge on any atom is -0.339 e. The van der Waals surface area contributed by atoms with Gasteiger partial charge in [0.25, 0.3) is 0 Å². The molecule has 20 heavy (non-hydrogen) atoms. The molecule has 0 aromatic carbocycles. The van der Waals surface area contributed by atoms with Crippen LogP contribution in [-0.4, -0.2) is 71.5 Å². The van der Waals surface area contributed by atoms with Crippen LogP contribution in [0.5, 0.6) is 0 Å². The Kier molecular flexibility index (Phi) is 5.75. The van der Waals surface area contributed by atoms with Crippen molar-refractivity contribution >= 4 is 17.7 Å². The van der Waals surface area contributed by atoms with Crippen LogP contribution in [-0.2, 0) is 4.79 Å². The summed E-state index contributed by atoms with van der Waals surface area (Å²) in [4.78, 5) is 16.8. The van der Waals surface area contributed by atoms with Crippen LogP contribution < -0.4 is 5.32 Å². The molecule has 0 aliphatic carbocycles. The Morgan fingerprint density at radius 1 is 1.15 bits per heavy atom. The second-order valence-electron chi connectivity index (χ2n) is 6.80. The number of piperazine rings is 1. The molecule has 0 unspecified atom stereocenters. The fourth-order valence-corrected chi connectivity index (χ4v) is 4.00. The van der Waals surface area contributed by atoms with E-state index < -0.39 is 0 Å². The summed E-state index contributed by atoms with van der Waals surface area (Å²) in [7, 11) is 0. The monoisotopic (exact) mass is 299 g/mol. The van der Waals surface area contributed by atoms with Gasteiger partial charge >= 0.3 is 0 Å². The van der Waals surface area contributed by atoms with Crippen molar-refractivity contribution < 1.29 is 4.79 Å². The minimum atomic E-state index is 0.221. The van der Waals surface area contributed by atoms with E-state index in [-0.39, 0.29) is 5.54 Å². The first kappa shape index (κ1) is 16.1. The number of piperidine rings is 1. The van der Waals surface area contributed by atoms with Gasteiger partial charge in [0.15, 0.2) is 0 Å². The standard InChI is InChI=1S/C15H29N3OS/c1-15(2,3)18-10-8-17(9-11-18)14(19)12-20-13-4-6-16-7-5-13/h13,16H,4-12H2,1-3H3. The molecule has 2 aliphatic rings. The van der Waals surface area contributed by atoms with Gasteiger partial charge in [0.2, 0.25) is 5.91 Å². The first-order valence-electron chi connectivity index (χ1n) is 7.82. The summed E-state index contributed by atoms with van der Waals surface area (Å²) in [5.41, 5.74) is 0.221. The molecule has 1 amide bonds. The van der Waals surface area contributed by atoms with E-state index in [9.17, 15) is 4.79 Å². The first-order valence-corrected chi connectivity index (χ1v) is 8.87. The summed E-state index contributed by atoms with van der Waals surface area (Å²) in [5.74, 6) is 1.00. The van der Waals surface area contributed by atoms with E-state index in [4.69, 9.17) is 0 Å². The zero-order valence-electron chi connectivity index (χ0n) is 13.2. The van der Waals surface area contributed by atoms with Crippen LogP contribution in [0.1, 0.15) is 33.6 Å². The Bertz CT molecular complexity index is 316. The second kappa shape index (κ2) is 7.14. The molecule has 0 aromatic rings. The number of rotatable bonds is 3. The van der Waals surface area contributed by atoms with E-state index in [1.54, 1.807) is 0 Å². The predicted octanol–water partition coefficient (Wildman–Crippen LogP) is 1.41. The lowest BCUT2D eigenvalue weighted by molar-refractivity contribution is -0.130. The molecule has 2 heterocycles. The molecule has 2 fully saturated rings. The fraction of sp³-hybridized carbons (Fsp3) is 0.933. The van der Waals surface area contributed by atoms with Gasteiger partial charge in [-0.15, -0.1) is 11.8 Å². The number of thioether (sulfide) groups is 1. The average molecular weight is 299 g/mol. The quantitative estimate of drug-likeness (QED) is 0.855. The zero-order chi connectivity index (χ0) is 14.6. The molecule has 0 radical (unpaired) electrons. The molecular weight excluding hydrogens is 270 g/mol. The third kappa shape index (κ3) is 4.64. The summed E-state index contributed by atoms with van der Waals surface area (Å²) in [6.45, 7) is 12.8. The number of nitrogens with zero attached hydrogens (tertiary/aromatic N) is 2. The highest BCUT2D eigenvalue weighted by molar-refractivity contribution is 8.00. The Labute approximate surface area is 127 Å². The van der Waals surface area contributed by atoms with Crippen LogP contribution in [0.15, 0.2) is 0 Å². The third-order valence-corrected chi connectivity index (χ3v) is 5.67. The van der Waals surface area contributed by atoms with E-state index >= 15 is 0 Å². The molecule has 2 aliphatic heterocycles. The van der Waals surface area contributed by atoms with Crippen LogP contribution in [0.4, 0.5) is 0 Å². The van der Waals surface area contributed by atoms with Crippen molar-refractivity contribution in [2.75, 3.05) is 45.0 Å². The second-order valence-corrected chi connectivity index (χ2v) is 8.09. The zero-order valence-corrected chi connectivity index (χ0v) is 14.0. The maximum atomic E-state index is 12.3. The van der Waals surface area contributed by atoms with Gasteiger partial charge in [-0.05, 0) is 46.7 Å². The largest absolute Gasteiger partial charge is 0.339 e. The number of nitrogens with one attached hydrogen (secondary N) is 1. The van der Waals surface area contributed by atoms with Gasteiger partial charge in [0.05, 0.1) is 5.75 Å². The lowest BCUT2D eigenvalue weighted by atomic mass is 10.1. The third-order valence-electron chi connectivity index (χ3n) is 4.31. The normalized spacial score (nSPS) is 23.1. The summed E-state index contributed by atoms with van der Waals surface area (Å²) in [6.07, 6.45) is 2.41. The maximum absolute atomic E-state index is 12.3. The van der Waals surface area contributed by atoms with Crippen molar-refractivity contribution in [1.82, 2.24) is 15.1 Å². The number of hydrogen-bond donors (Lipinski definition) is 1. The van der Waals surface area contributed by atoms with Gasteiger partial charge in [0, 0.05) is 37.0 Å². The lowest BCUT2D eigenvalue weighted by Gasteiger charge is -2.42. The Morgan fingerprint density at radius 3 is 2.30 bits per heavy atom. The predicted molar refractivity (Wildman–Crippen MR) is 86.3 cm³/mol. The number of carbonyl (C=O) groups is 1. The SMILES string of the molecule is CC(C)(C)N1CCN(C(=O)CSC2CCNCC2)CC1. The molecule has 116 valence electrons. The molecule has 0 atom stereocenters. The fourth-order valence-electron chi connectivity index (χ4n) is 2.87. The van der Waals surface area contributed by atoms with Crippen LogP contribution in [0, 0.1) is 0 Å². The van der Waals surface area contributed by atoms with E-state index in [1.165, 1.54) is 12.8 Å². The molecule has 2 rings (SSSR count). The van der Waals surface area contributed by atoms with Crippen molar-refractivity contribution in [3.8, 4) is 0 Å². The Balaban J connectivity index is 1.69. The van der Waals surface area contributed by atoms with Gasteiger partial charge in [-0.3, -0.25) is 9.69 Å². The number of amides is 1. The van der Waals surface area contributed by atoms with Crippen molar-refractivity contribution in [3.05, 3.63) is 0 Å². The van der Waals surface area contributed by atoms with Crippen LogP contribution in [0.3, 0.4) is 0 Å². The van der Waals surface area contributed by atoms with Crippen LogP contribution in [0.25, 0.3) is 0 Å². The summed E-state index contributed by atoms with van der Waals surface area (Å²) in [6, 6.07) is 0. The van der Waals surface area contributed by atoms with Gasteiger partial charge in [-0.2, -0.15) is 0 Å². The van der Waals surface area contributed by atoms with Crippen molar-refractivity contribution in [1.29, 1.82) is 0 Å². The topological polar surface area (TPSA) is 35.6 Å². The van der Waals surface area contributed by atoms with Gasteiger partial charge in [0.1, 0.15) is 0 Å². The number of hydrogen-bond acceptors (Lipinski definition) is 4. The molecule has 0 saturated carbocycles. The molecule has 1 N–H and O–H groups in total. The van der Waals surface area contributed by atoms with E-state index in [2.05, 4.69) is 35.9 Å². The Hall–Kier alpha value is -0.260. The van der Waals surface area contributed by atoms with Crippen molar-refractivity contribution in [2.45, 2.75) is 44.4 Å². The van der Waals surface area contributed by atoms with E-state index in [1.807, 2.05) is 11.8 Å². The molecule has 0 spiro atoms. The van der Waals surface area contributed by atoms with E-state index in [0.29, 0.717) is 16.9 Å². The van der Waals surface area contributed by atoms with Gasteiger partial charge < -0.3 is 10.2 Å². The summed E-state index contributed by atoms with van der Waals surface area (Å²) >= 11 is 1.86.